The fourth-order valence-electron chi connectivity index (χ4n) is 2.99. The molecule has 25 heavy (non-hydrogen) atoms. The highest BCUT2D eigenvalue weighted by molar-refractivity contribution is 9.10. The van der Waals surface area contributed by atoms with Crippen molar-refractivity contribution in [3.05, 3.63) is 28.7 Å². The summed E-state index contributed by atoms with van der Waals surface area (Å²) < 4.78 is 6.59. The number of halogens is 1. The average Bonchev–Trinajstić information content (AvgIpc) is 3.09. The van der Waals surface area contributed by atoms with Crippen molar-refractivity contribution in [3.63, 3.8) is 0 Å². The number of carbonyl (C=O) groups excluding carboxylic acids is 1. The van der Waals surface area contributed by atoms with Gasteiger partial charge in [-0.05, 0) is 53.7 Å². The van der Waals surface area contributed by atoms with Gasteiger partial charge in [0.25, 0.3) is 5.22 Å². The number of nitrogens with zero attached hydrogens (tertiary/aromatic N) is 2. The fourth-order valence-corrected chi connectivity index (χ4v) is 4.15. The van der Waals surface area contributed by atoms with Gasteiger partial charge in [-0.3, -0.25) is 4.79 Å². The van der Waals surface area contributed by atoms with Crippen molar-refractivity contribution in [2.75, 3.05) is 6.54 Å². The average molecular weight is 424 g/mol. The van der Waals surface area contributed by atoms with Gasteiger partial charge in [-0.25, -0.2) is 0 Å². The number of carbonyl (C=O) groups is 1. The third-order valence-electron chi connectivity index (χ3n) is 4.45. The Morgan fingerprint density at radius 1 is 1.32 bits per heavy atom. The van der Waals surface area contributed by atoms with Crippen LogP contribution < -0.4 is 5.32 Å². The first-order valence-corrected chi connectivity index (χ1v) is 10.3. The van der Waals surface area contributed by atoms with E-state index in [4.69, 9.17) is 4.42 Å². The van der Waals surface area contributed by atoms with Crippen molar-refractivity contribution >= 4 is 33.6 Å². The van der Waals surface area contributed by atoms with Gasteiger partial charge >= 0.3 is 0 Å². The van der Waals surface area contributed by atoms with E-state index in [9.17, 15) is 4.79 Å². The van der Waals surface area contributed by atoms with E-state index in [-0.39, 0.29) is 11.2 Å². The molecule has 3 rings (SSSR count). The Morgan fingerprint density at radius 2 is 2.08 bits per heavy atom. The Balaban J connectivity index is 1.53. The quantitative estimate of drug-likeness (QED) is 0.683. The van der Waals surface area contributed by atoms with Gasteiger partial charge in [-0.2, -0.15) is 0 Å². The van der Waals surface area contributed by atoms with Gasteiger partial charge < -0.3 is 9.73 Å². The second-order valence-electron chi connectivity index (χ2n) is 6.36. The molecule has 1 aliphatic rings. The molecule has 5 nitrogen and oxygen atoms in total. The number of rotatable bonds is 6. The van der Waals surface area contributed by atoms with Gasteiger partial charge in [-0.1, -0.05) is 43.2 Å². The van der Waals surface area contributed by atoms with Crippen LogP contribution >= 0.6 is 27.7 Å². The van der Waals surface area contributed by atoms with Crippen molar-refractivity contribution in [2.24, 2.45) is 5.92 Å². The molecule has 1 aliphatic carbocycles. The number of hydrogen-bond acceptors (Lipinski definition) is 5. The molecule has 0 radical (unpaired) electrons. The maximum atomic E-state index is 12.3. The first-order valence-electron chi connectivity index (χ1n) is 8.66. The lowest BCUT2D eigenvalue weighted by Crippen LogP contribution is -2.35. The Bertz CT molecular complexity index is 716. The highest BCUT2D eigenvalue weighted by Crippen LogP contribution is 2.30. The van der Waals surface area contributed by atoms with Gasteiger partial charge in [0.15, 0.2) is 0 Å². The Kier molecular flexibility index (Phi) is 6.53. The van der Waals surface area contributed by atoms with Gasteiger partial charge in [0.1, 0.15) is 0 Å². The lowest BCUT2D eigenvalue weighted by atomic mass is 9.89. The molecular formula is C18H22BrN3O2S. The fraction of sp³-hybridized carbons (Fsp3) is 0.500. The molecule has 2 aromatic rings. The molecule has 1 aromatic carbocycles. The number of hydrogen-bond donors (Lipinski definition) is 1. The molecule has 0 aliphatic heterocycles. The van der Waals surface area contributed by atoms with Crippen LogP contribution in [0, 0.1) is 5.92 Å². The lowest BCUT2D eigenvalue weighted by Gasteiger charge is -2.22. The molecule has 1 aromatic heterocycles. The van der Waals surface area contributed by atoms with Crippen LogP contribution in [-0.4, -0.2) is 27.9 Å². The van der Waals surface area contributed by atoms with E-state index in [1.165, 1.54) is 43.9 Å². The lowest BCUT2D eigenvalue weighted by molar-refractivity contribution is -0.120. The van der Waals surface area contributed by atoms with Crippen molar-refractivity contribution in [3.8, 4) is 11.5 Å². The zero-order valence-corrected chi connectivity index (χ0v) is 16.6. The minimum absolute atomic E-state index is 0.0243. The number of nitrogens with one attached hydrogen (secondary N) is 1. The SMILES string of the molecule is C[C@@H](Sc1nnc(-c2ccccc2Br)o1)C(=O)NCC1CCCCC1. The van der Waals surface area contributed by atoms with E-state index in [1.807, 2.05) is 31.2 Å². The minimum atomic E-state index is -0.267. The largest absolute Gasteiger partial charge is 0.411 e. The summed E-state index contributed by atoms with van der Waals surface area (Å²) in [4.78, 5) is 12.3. The second-order valence-corrected chi connectivity index (χ2v) is 8.51. The third-order valence-corrected chi connectivity index (χ3v) is 6.07. The molecule has 1 atom stereocenters. The summed E-state index contributed by atoms with van der Waals surface area (Å²) in [7, 11) is 0. The second kappa shape index (κ2) is 8.85. The van der Waals surface area contributed by atoms with Gasteiger partial charge in [0, 0.05) is 11.0 Å². The number of aromatic nitrogens is 2. The van der Waals surface area contributed by atoms with E-state index < -0.39 is 0 Å². The normalized spacial score (nSPS) is 16.6. The van der Waals surface area contributed by atoms with Crippen LogP contribution in [0.2, 0.25) is 0 Å². The van der Waals surface area contributed by atoms with Crippen LogP contribution in [0.1, 0.15) is 39.0 Å². The van der Waals surface area contributed by atoms with E-state index >= 15 is 0 Å². The molecule has 1 saturated carbocycles. The molecule has 1 N–H and O–H groups in total. The summed E-state index contributed by atoms with van der Waals surface area (Å²) in [6.07, 6.45) is 6.34. The number of thioether (sulfide) groups is 1. The number of amides is 1. The Labute approximate surface area is 160 Å². The van der Waals surface area contributed by atoms with E-state index in [0.717, 1.165) is 16.6 Å². The number of benzene rings is 1. The third kappa shape index (κ3) is 5.07. The van der Waals surface area contributed by atoms with Crippen molar-refractivity contribution in [1.29, 1.82) is 0 Å². The van der Waals surface area contributed by atoms with Crippen LogP contribution in [0.15, 0.2) is 38.4 Å². The smallest absolute Gasteiger partial charge is 0.277 e. The predicted octanol–water partition coefficient (Wildman–Crippen LogP) is 4.68. The van der Waals surface area contributed by atoms with Crippen molar-refractivity contribution in [1.82, 2.24) is 15.5 Å². The summed E-state index contributed by atoms with van der Waals surface area (Å²) in [5.74, 6) is 1.10. The summed E-state index contributed by atoms with van der Waals surface area (Å²) in [6, 6.07) is 7.68. The predicted molar refractivity (Wildman–Crippen MR) is 102 cm³/mol. The van der Waals surface area contributed by atoms with Crippen molar-refractivity contribution < 1.29 is 9.21 Å². The molecule has 7 heteroatoms. The molecular weight excluding hydrogens is 402 g/mol. The van der Waals surface area contributed by atoms with E-state index in [2.05, 4.69) is 31.4 Å². The molecule has 0 saturated heterocycles. The minimum Gasteiger partial charge on any atom is -0.411 e. The topological polar surface area (TPSA) is 68.0 Å². The van der Waals surface area contributed by atoms with Crippen molar-refractivity contribution in [2.45, 2.75) is 49.5 Å². The molecule has 0 bridgehead atoms. The first kappa shape index (κ1) is 18.5. The summed E-state index contributed by atoms with van der Waals surface area (Å²) in [5.41, 5.74) is 0.844. The maximum absolute atomic E-state index is 12.3. The molecule has 1 heterocycles. The van der Waals surface area contributed by atoms with Crippen LogP contribution in [0.5, 0.6) is 0 Å². The van der Waals surface area contributed by atoms with E-state index in [0.29, 0.717) is 17.0 Å². The zero-order valence-electron chi connectivity index (χ0n) is 14.2. The molecule has 1 amide bonds. The maximum Gasteiger partial charge on any atom is 0.277 e. The summed E-state index contributed by atoms with van der Waals surface area (Å²) in [5, 5.41) is 11.3. The highest BCUT2D eigenvalue weighted by atomic mass is 79.9. The molecule has 1 fully saturated rings. The zero-order chi connectivity index (χ0) is 17.6. The van der Waals surface area contributed by atoms with Crippen LogP contribution in [0.3, 0.4) is 0 Å². The summed E-state index contributed by atoms with van der Waals surface area (Å²) >= 11 is 4.77. The summed E-state index contributed by atoms with van der Waals surface area (Å²) in [6.45, 7) is 2.64. The molecule has 0 unspecified atom stereocenters. The molecule has 134 valence electrons. The monoisotopic (exact) mass is 423 g/mol. The van der Waals surface area contributed by atoms with Gasteiger partial charge in [0.05, 0.1) is 10.8 Å². The van der Waals surface area contributed by atoms with Crippen LogP contribution in [0.4, 0.5) is 0 Å². The van der Waals surface area contributed by atoms with E-state index in [1.54, 1.807) is 0 Å². The first-order chi connectivity index (χ1) is 12.1. The molecule has 0 spiro atoms. The Morgan fingerprint density at radius 3 is 2.84 bits per heavy atom. The Hall–Kier alpha value is -1.34. The van der Waals surface area contributed by atoms with Gasteiger partial charge in [-0.15, -0.1) is 10.2 Å². The highest BCUT2D eigenvalue weighted by Gasteiger charge is 2.21. The standard InChI is InChI=1S/C18H22BrN3O2S/c1-12(16(23)20-11-13-7-3-2-4-8-13)25-18-22-21-17(24-18)14-9-5-6-10-15(14)19/h5-6,9-10,12-13H,2-4,7-8,11H2,1H3,(H,20,23)/t12-/m1/s1. The van der Waals surface area contributed by atoms with Crippen LogP contribution in [0.25, 0.3) is 11.5 Å². The van der Waals surface area contributed by atoms with Crippen LogP contribution in [-0.2, 0) is 4.79 Å². The van der Waals surface area contributed by atoms with Gasteiger partial charge in [0.2, 0.25) is 11.8 Å².